The van der Waals surface area contributed by atoms with E-state index in [9.17, 15) is 4.79 Å². The molecule has 16 heavy (non-hydrogen) atoms. The number of rotatable bonds is 2. The maximum atomic E-state index is 11.9. The lowest BCUT2D eigenvalue weighted by atomic mass is 10.0. The third kappa shape index (κ3) is 2.33. The molecule has 0 saturated carbocycles. The number of nitrogens with one attached hydrogen (secondary N) is 1. The van der Waals surface area contributed by atoms with Crippen LogP contribution in [0, 0.1) is 5.92 Å². The van der Waals surface area contributed by atoms with Crippen molar-refractivity contribution in [2.24, 2.45) is 5.92 Å². The summed E-state index contributed by atoms with van der Waals surface area (Å²) in [6, 6.07) is 3.44. The van der Waals surface area contributed by atoms with Crippen LogP contribution in [0.15, 0.2) is 18.3 Å². The van der Waals surface area contributed by atoms with Gasteiger partial charge in [0.05, 0.1) is 5.69 Å². The Morgan fingerprint density at radius 2 is 2.50 bits per heavy atom. The van der Waals surface area contributed by atoms with Crippen molar-refractivity contribution in [2.75, 3.05) is 11.9 Å². The summed E-state index contributed by atoms with van der Waals surface area (Å²) >= 11 is 5.84. The Balaban J connectivity index is 2.05. The van der Waals surface area contributed by atoms with Gasteiger partial charge in [0.15, 0.2) is 5.15 Å². The molecular weight excluding hydrogens is 228 g/mol. The van der Waals surface area contributed by atoms with Crippen molar-refractivity contribution in [2.45, 2.75) is 19.4 Å². The summed E-state index contributed by atoms with van der Waals surface area (Å²) in [7, 11) is 0. The Labute approximate surface area is 99.0 Å². The van der Waals surface area contributed by atoms with Crippen LogP contribution >= 0.6 is 11.6 Å². The van der Waals surface area contributed by atoms with Crippen LogP contribution < -0.4 is 5.32 Å². The highest BCUT2D eigenvalue weighted by Gasteiger charge is 2.31. The summed E-state index contributed by atoms with van der Waals surface area (Å²) in [6.45, 7) is 2.64. The van der Waals surface area contributed by atoms with E-state index in [-0.39, 0.29) is 17.9 Å². The Bertz CT molecular complexity index is 397. The molecule has 1 fully saturated rings. The molecule has 2 unspecified atom stereocenters. The van der Waals surface area contributed by atoms with Crippen LogP contribution in [-0.2, 0) is 9.53 Å². The molecule has 2 atom stereocenters. The van der Waals surface area contributed by atoms with Crippen LogP contribution in [0.5, 0.6) is 0 Å². The molecule has 1 aromatic rings. The van der Waals surface area contributed by atoms with Crippen LogP contribution in [0.25, 0.3) is 0 Å². The Hall–Kier alpha value is -1.13. The number of anilines is 1. The zero-order valence-electron chi connectivity index (χ0n) is 8.94. The minimum absolute atomic E-state index is 0.153. The second-order valence-electron chi connectivity index (χ2n) is 3.89. The predicted octanol–water partition coefficient (Wildman–Crippen LogP) is 2.10. The van der Waals surface area contributed by atoms with Gasteiger partial charge < -0.3 is 10.1 Å². The Kier molecular flexibility index (Phi) is 3.41. The number of amides is 1. The number of halogens is 1. The minimum atomic E-state index is -0.378. The van der Waals surface area contributed by atoms with Gasteiger partial charge in [-0.25, -0.2) is 4.98 Å². The van der Waals surface area contributed by atoms with Gasteiger partial charge in [-0.3, -0.25) is 4.79 Å². The van der Waals surface area contributed by atoms with E-state index in [0.29, 0.717) is 17.4 Å². The molecule has 86 valence electrons. The summed E-state index contributed by atoms with van der Waals surface area (Å²) in [5.41, 5.74) is 0.525. The molecule has 2 heterocycles. The summed E-state index contributed by atoms with van der Waals surface area (Å²) in [5.74, 6) is 0.0929. The van der Waals surface area contributed by atoms with Gasteiger partial charge in [0, 0.05) is 12.8 Å². The highest BCUT2D eigenvalue weighted by Crippen LogP contribution is 2.23. The average Bonchev–Trinajstić information content (AvgIpc) is 2.68. The SMILES string of the molecule is CC1CCOC1C(=O)Nc1cccnc1Cl. The molecule has 1 N–H and O–H groups in total. The first-order valence-corrected chi connectivity index (χ1v) is 5.59. The molecule has 0 bridgehead atoms. The van der Waals surface area contributed by atoms with Crippen LogP contribution in [0.3, 0.4) is 0 Å². The predicted molar refractivity (Wildman–Crippen MR) is 61.4 cm³/mol. The summed E-state index contributed by atoms with van der Waals surface area (Å²) < 4.78 is 5.36. The quantitative estimate of drug-likeness (QED) is 0.806. The smallest absolute Gasteiger partial charge is 0.253 e. The first kappa shape index (κ1) is 11.4. The third-order valence-corrected chi connectivity index (χ3v) is 2.96. The molecule has 1 aromatic heterocycles. The summed E-state index contributed by atoms with van der Waals surface area (Å²) in [6.07, 6.45) is 2.11. The zero-order chi connectivity index (χ0) is 11.5. The van der Waals surface area contributed by atoms with Crippen LogP contribution in [0.2, 0.25) is 5.15 Å². The topological polar surface area (TPSA) is 51.2 Å². The third-order valence-electron chi connectivity index (χ3n) is 2.66. The number of hydrogen-bond acceptors (Lipinski definition) is 3. The lowest BCUT2D eigenvalue weighted by Gasteiger charge is -2.14. The molecule has 0 aromatic carbocycles. The molecule has 1 aliphatic rings. The summed E-state index contributed by atoms with van der Waals surface area (Å²) in [5, 5.41) is 3.02. The van der Waals surface area contributed by atoms with E-state index in [4.69, 9.17) is 16.3 Å². The van der Waals surface area contributed by atoms with Crippen LogP contribution in [-0.4, -0.2) is 23.6 Å². The molecular formula is C11H13ClN2O2. The molecule has 4 nitrogen and oxygen atoms in total. The van der Waals surface area contributed by atoms with E-state index in [1.54, 1.807) is 18.3 Å². The van der Waals surface area contributed by atoms with Gasteiger partial charge in [-0.1, -0.05) is 18.5 Å². The lowest BCUT2D eigenvalue weighted by Crippen LogP contribution is -2.31. The molecule has 2 rings (SSSR count). The van der Waals surface area contributed by atoms with Crippen molar-refractivity contribution in [3.8, 4) is 0 Å². The maximum absolute atomic E-state index is 11.9. The Morgan fingerprint density at radius 3 is 3.12 bits per heavy atom. The number of pyridine rings is 1. The number of carbonyl (C=O) groups excluding carboxylic acids is 1. The van der Waals surface area contributed by atoms with Gasteiger partial charge in [-0.2, -0.15) is 0 Å². The lowest BCUT2D eigenvalue weighted by molar-refractivity contribution is -0.126. The Morgan fingerprint density at radius 1 is 1.69 bits per heavy atom. The van der Waals surface area contributed by atoms with Gasteiger partial charge in [-0.05, 0) is 24.5 Å². The van der Waals surface area contributed by atoms with Gasteiger partial charge in [0.2, 0.25) is 0 Å². The van der Waals surface area contributed by atoms with Gasteiger partial charge in [0.25, 0.3) is 5.91 Å². The zero-order valence-corrected chi connectivity index (χ0v) is 9.70. The fourth-order valence-corrected chi connectivity index (χ4v) is 1.88. The van der Waals surface area contributed by atoms with E-state index < -0.39 is 0 Å². The van der Waals surface area contributed by atoms with Gasteiger partial charge in [0.1, 0.15) is 6.10 Å². The highest BCUT2D eigenvalue weighted by atomic mass is 35.5. The van der Waals surface area contributed by atoms with E-state index >= 15 is 0 Å². The first-order valence-electron chi connectivity index (χ1n) is 5.21. The number of carbonyl (C=O) groups is 1. The van der Waals surface area contributed by atoms with E-state index in [2.05, 4.69) is 10.3 Å². The van der Waals surface area contributed by atoms with Gasteiger partial charge in [-0.15, -0.1) is 0 Å². The first-order chi connectivity index (χ1) is 7.68. The standard InChI is InChI=1S/C11H13ClN2O2/c1-7-4-6-16-9(7)11(15)14-8-3-2-5-13-10(8)12/h2-3,5,7,9H,4,6H2,1H3,(H,14,15). The van der Waals surface area contributed by atoms with Crippen molar-refractivity contribution in [3.05, 3.63) is 23.5 Å². The fourth-order valence-electron chi connectivity index (χ4n) is 1.71. The molecule has 0 radical (unpaired) electrons. The molecule has 0 spiro atoms. The maximum Gasteiger partial charge on any atom is 0.253 e. The van der Waals surface area contributed by atoms with Crippen molar-refractivity contribution < 1.29 is 9.53 Å². The second-order valence-corrected chi connectivity index (χ2v) is 4.25. The molecule has 1 saturated heterocycles. The molecule has 1 aliphatic heterocycles. The van der Waals surface area contributed by atoms with Crippen molar-refractivity contribution in [3.63, 3.8) is 0 Å². The van der Waals surface area contributed by atoms with Gasteiger partial charge >= 0.3 is 0 Å². The number of aromatic nitrogens is 1. The van der Waals surface area contributed by atoms with E-state index in [0.717, 1.165) is 6.42 Å². The van der Waals surface area contributed by atoms with Crippen molar-refractivity contribution >= 4 is 23.2 Å². The van der Waals surface area contributed by atoms with E-state index in [1.807, 2.05) is 6.92 Å². The molecule has 5 heteroatoms. The molecule has 0 aliphatic carbocycles. The summed E-state index contributed by atoms with van der Waals surface area (Å²) in [4.78, 5) is 15.7. The fraction of sp³-hybridized carbons (Fsp3) is 0.455. The van der Waals surface area contributed by atoms with Crippen LogP contribution in [0.1, 0.15) is 13.3 Å². The van der Waals surface area contributed by atoms with E-state index in [1.165, 1.54) is 0 Å². The highest BCUT2D eigenvalue weighted by molar-refractivity contribution is 6.32. The minimum Gasteiger partial charge on any atom is -0.368 e. The number of ether oxygens (including phenoxy) is 1. The van der Waals surface area contributed by atoms with Crippen molar-refractivity contribution in [1.82, 2.24) is 4.98 Å². The molecule has 1 amide bonds. The second kappa shape index (κ2) is 4.80. The largest absolute Gasteiger partial charge is 0.368 e. The number of nitrogens with zero attached hydrogens (tertiary/aromatic N) is 1. The normalized spacial score (nSPS) is 24.4. The average molecular weight is 241 g/mol. The number of hydrogen-bond donors (Lipinski definition) is 1. The monoisotopic (exact) mass is 240 g/mol. The van der Waals surface area contributed by atoms with Crippen molar-refractivity contribution in [1.29, 1.82) is 0 Å². The van der Waals surface area contributed by atoms with Crippen LogP contribution in [0.4, 0.5) is 5.69 Å².